The van der Waals surface area contributed by atoms with Crippen LogP contribution in [-0.4, -0.2) is 54.7 Å². The molecular weight excluding hydrogens is 535 g/mol. The molecule has 0 aliphatic heterocycles. The highest BCUT2D eigenvalue weighted by molar-refractivity contribution is 7.92. The zero-order valence-corrected chi connectivity index (χ0v) is 21.6. The van der Waals surface area contributed by atoms with Gasteiger partial charge in [-0.3, -0.25) is 4.79 Å². The number of hydrogen-bond acceptors (Lipinski definition) is 6. The lowest BCUT2D eigenvalue weighted by Gasteiger charge is -2.62. The number of carbonyl (C=O) groups excluding carboxylic acids is 1. The van der Waals surface area contributed by atoms with Crippen LogP contribution in [0.1, 0.15) is 37.0 Å². The summed E-state index contributed by atoms with van der Waals surface area (Å²) in [5.74, 6) is -6.13. The number of rotatable bonds is 8. The van der Waals surface area contributed by atoms with Crippen LogP contribution < -0.4 is 5.32 Å². The third-order valence-electron chi connectivity index (χ3n) is 7.46. The standard InChI is InChI=1S/C25H27ClF3NO6S/c1-12(31)10-36-11-25(33)17-8-16(9-18(25)13(17)2)37(34,35)22-5-14(3-4-19(22)26)24(32)30-15-6-20(27)23(29)21(28)7-15/h3-7,12-13,16-18,31,33H,8-11H2,1-2H3,(H,30,32)/t12-,13?,16?,17?,18?,25?/m1/s1. The Bertz CT molecular complexity index is 1280. The Morgan fingerprint density at radius 2 is 1.78 bits per heavy atom. The average molecular weight is 562 g/mol. The van der Waals surface area contributed by atoms with Gasteiger partial charge in [-0.2, -0.15) is 0 Å². The predicted molar refractivity (Wildman–Crippen MR) is 130 cm³/mol. The van der Waals surface area contributed by atoms with Crippen LogP contribution in [0, 0.1) is 35.2 Å². The number of halogens is 4. The van der Waals surface area contributed by atoms with Crippen LogP contribution in [0.4, 0.5) is 18.9 Å². The molecule has 2 unspecified atom stereocenters. The quantitative estimate of drug-likeness (QED) is 0.421. The highest BCUT2D eigenvalue weighted by Gasteiger charge is 2.64. The molecule has 37 heavy (non-hydrogen) atoms. The second kappa shape index (κ2) is 10.2. The minimum atomic E-state index is -4.02. The van der Waals surface area contributed by atoms with Gasteiger partial charge in [-0.15, -0.1) is 0 Å². The van der Waals surface area contributed by atoms with E-state index in [9.17, 15) is 36.6 Å². The molecule has 12 heteroatoms. The van der Waals surface area contributed by atoms with Crippen LogP contribution in [0.15, 0.2) is 35.2 Å². The average Bonchev–Trinajstić information content (AvgIpc) is 2.82. The highest BCUT2D eigenvalue weighted by atomic mass is 35.5. The van der Waals surface area contributed by atoms with Crippen molar-refractivity contribution in [1.82, 2.24) is 0 Å². The van der Waals surface area contributed by atoms with Crippen molar-refractivity contribution in [3.63, 3.8) is 0 Å². The van der Waals surface area contributed by atoms with Crippen molar-refractivity contribution in [1.29, 1.82) is 0 Å². The summed E-state index contributed by atoms with van der Waals surface area (Å²) in [5.41, 5.74) is -1.67. The van der Waals surface area contributed by atoms with Gasteiger partial charge in [-0.05, 0) is 55.7 Å². The monoisotopic (exact) mass is 561 g/mol. The number of sulfone groups is 1. The van der Waals surface area contributed by atoms with E-state index in [1.807, 2.05) is 6.92 Å². The van der Waals surface area contributed by atoms with Gasteiger partial charge in [-0.25, -0.2) is 21.6 Å². The van der Waals surface area contributed by atoms with Gasteiger partial charge in [0.05, 0.1) is 40.1 Å². The first kappa shape index (κ1) is 27.8. The normalized spacial score (nSPS) is 27.9. The number of nitrogens with one attached hydrogen (secondary N) is 1. The zero-order chi connectivity index (χ0) is 27.3. The number of hydrogen-bond donors (Lipinski definition) is 3. The highest BCUT2D eigenvalue weighted by Crippen LogP contribution is 2.59. The maximum atomic E-state index is 13.6. The molecule has 0 aromatic heterocycles. The van der Waals surface area contributed by atoms with E-state index in [0.717, 1.165) is 6.07 Å². The molecule has 3 N–H and O–H groups in total. The minimum absolute atomic E-state index is 0.00860. The minimum Gasteiger partial charge on any atom is -0.391 e. The number of amides is 1. The van der Waals surface area contributed by atoms with Crippen LogP contribution in [0.25, 0.3) is 0 Å². The largest absolute Gasteiger partial charge is 0.391 e. The van der Waals surface area contributed by atoms with Crippen LogP contribution in [0.5, 0.6) is 0 Å². The van der Waals surface area contributed by atoms with Crippen LogP contribution in [0.2, 0.25) is 5.02 Å². The van der Waals surface area contributed by atoms with E-state index in [2.05, 4.69) is 5.32 Å². The third-order valence-corrected chi connectivity index (χ3v) is 10.1. The number of fused-ring (bicyclic) bond motifs is 2. The summed E-state index contributed by atoms with van der Waals surface area (Å²) in [4.78, 5) is 12.4. The first-order chi connectivity index (χ1) is 17.3. The molecular formula is C25H27ClF3NO6S. The molecule has 3 aliphatic carbocycles. The van der Waals surface area contributed by atoms with Crippen LogP contribution >= 0.6 is 11.6 Å². The van der Waals surface area contributed by atoms with Gasteiger partial charge in [0.25, 0.3) is 5.91 Å². The van der Waals surface area contributed by atoms with Crippen LogP contribution in [-0.2, 0) is 14.6 Å². The maximum Gasteiger partial charge on any atom is 0.255 e. The van der Waals surface area contributed by atoms with Crippen molar-refractivity contribution in [2.75, 3.05) is 18.5 Å². The summed E-state index contributed by atoms with van der Waals surface area (Å²) in [5, 5.41) is 21.8. The third kappa shape index (κ3) is 5.12. The second-order valence-electron chi connectivity index (χ2n) is 9.92. The van der Waals surface area contributed by atoms with Gasteiger partial charge < -0.3 is 20.3 Å². The molecule has 2 aromatic carbocycles. The Kier molecular flexibility index (Phi) is 7.66. The summed E-state index contributed by atoms with van der Waals surface area (Å²) >= 11 is 6.21. The van der Waals surface area contributed by atoms with Crippen molar-refractivity contribution in [3.05, 3.63) is 58.4 Å². The maximum absolute atomic E-state index is 13.6. The van der Waals surface area contributed by atoms with E-state index in [4.69, 9.17) is 16.3 Å². The van der Waals surface area contributed by atoms with E-state index in [1.165, 1.54) is 12.1 Å². The van der Waals surface area contributed by atoms with E-state index >= 15 is 0 Å². The van der Waals surface area contributed by atoms with Gasteiger partial charge in [0.1, 0.15) is 0 Å². The van der Waals surface area contributed by atoms with Crippen molar-refractivity contribution >= 4 is 33.0 Å². The lowest BCUT2D eigenvalue weighted by Crippen LogP contribution is -2.69. The molecule has 3 saturated carbocycles. The first-order valence-corrected chi connectivity index (χ1v) is 13.7. The fourth-order valence-corrected chi connectivity index (χ4v) is 7.93. The molecule has 1 amide bonds. The topological polar surface area (TPSA) is 113 Å². The Balaban J connectivity index is 1.53. The molecule has 5 rings (SSSR count). The Morgan fingerprint density at radius 1 is 1.19 bits per heavy atom. The summed E-state index contributed by atoms with van der Waals surface area (Å²) in [7, 11) is -4.02. The number of aliphatic hydroxyl groups is 2. The van der Waals surface area contributed by atoms with E-state index in [1.54, 1.807) is 6.92 Å². The number of benzene rings is 2. The molecule has 202 valence electrons. The lowest BCUT2D eigenvalue weighted by atomic mass is 9.48. The predicted octanol–water partition coefficient (Wildman–Crippen LogP) is 3.96. The van der Waals surface area contributed by atoms with Gasteiger partial charge in [0, 0.05) is 23.4 Å². The molecule has 7 nitrogen and oxygen atoms in total. The number of aliphatic hydroxyl groups excluding tert-OH is 1. The van der Waals surface area contributed by atoms with E-state index in [-0.39, 0.29) is 65.0 Å². The molecule has 0 saturated heterocycles. The Labute approximate surface area is 217 Å². The summed E-state index contributed by atoms with van der Waals surface area (Å²) < 4.78 is 72.7. The summed E-state index contributed by atoms with van der Waals surface area (Å²) in [6, 6.07) is 4.79. The Hall–Kier alpha value is -2.18. The molecule has 3 fully saturated rings. The molecule has 2 aromatic rings. The van der Waals surface area contributed by atoms with Crippen molar-refractivity contribution in [2.24, 2.45) is 17.8 Å². The van der Waals surface area contributed by atoms with E-state index < -0.39 is 50.2 Å². The molecule has 3 aliphatic rings. The fourth-order valence-electron chi connectivity index (χ4n) is 5.58. The number of anilines is 1. The number of ether oxygens (including phenoxy) is 1. The summed E-state index contributed by atoms with van der Waals surface area (Å²) in [6.45, 7) is 3.55. The fraction of sp³-hybridized carbons (Fsp3) is 0.480. The van der Waals surface area contributed by atoms with Gasteiger partial charge in [-0.1, -0.05) is 18.5 Å². The molecule has 2 bridgehead atoms. The lowest BCUT2D eigenvalue weighted by molar-refractivity contribution is -0.243. The van der Waals surface area contributed by atoms with Gasteiger partial charge in [0.15, 0.2) is 27.3 Å². The first-order valence-electron chi connectivity index (χ1n) is 11.7. The zero-order valence-electron chi connectivity index (χ0n) is 20.0. The second-order valence-corrected chi connectivity index (χ2v) is 12.5. The molecule has 0 heterocycles. The summed E-state index contributed by atoms with van der Waals surface area (Å²) in [6.07, 6.45) is -0.369. The number of carbonyl (C=O) groups is 1. The van der Waals surface area contributed by atoms with Crippen LogP contribution in [0.3, 0.4) is 0 Å². The molecule has 0 radical (unpaired) electrons. The Morgan fingerprint density at radius 3 is 2.35 bits per heavy atom. The van der Waals surface area contributed by atoms with Crippen molar-refractivity contribution in [2.45, 2.75) is 48.5 Å². The van der Waals surface area contributed by atoms with Gasteiger partial charge >= 0.3 is 0 Å². The van der Waals surface area contributed by atoms with Crippen molar-refractivity contribution in [3.8, 4) is 0 Å². The smallest absolute Gasteiger partial charge is 0.255 e. The van der Waals surface area contributed by atoms with E-state index in [0.29, 0.717) is 12.1 Å². The SMILES string of the molecule is CC1C2CC(S(=O)(=O)c3cc(C(=O)Nc4cc(F)c(F)c(F)c4)ccc3Cl)CC1C2(O)COC[C@@H](C)O. The molecule has 0 spiro atoms. The van der Waals surface area contributed by atoms with Gasteiger partial charge in [0.2, 0.25) is 0 Å². The molecule has 3 atom stereocenters. The van der Waals surface area contributed by atoms with Crippen molar-refractivity contribution < 1.29 is 41.3 Å².